The fourth-order valence-corrected chi connectivity index (χ4v) is 3.45. The third-order valence-corrected chi connectivity index (χ3v) is 4.44. The number of allylic oxidation sites excluding steroid dienone is 1. The second-order valence-corrected chi connectivity index (χ2v) is 5.20. The van der Waals surface area contributed by atoms with E-state index in [-0.39, 0.29) is 0 Å². The van der Waals surface area contributed by atoms with E-state index in [1.165, 1.54) is 16.5 Å². The fraction of sp³-hybridized carbons (Fsp3) is 0.333. The molecule has 3 unspecified atom stereocenters. The Labute approximate surface area is 95.4 Å². The zero-order chi connectivity index (χ0) is 10.9. The fourth-order valence-electron chi connectivity index (χ4n) is 3.45. The van der Waals surface area contributed by atoms with Crippen LogP contribution in [0.25, 0.3) is 17.0 Å². The largest absolute Gasteiger partial charge is 0.347 e. The normalized spacial score (nSPS) is 30.2. The van der Waals surface area contributed by atoms with Gasteiger partial charge in [-0.1, -0.05) is 37.3 Å². The van der Waals surface area contributed by atoms with Crippen molar-refractivity contribution in [3.8, 4) is 0 Å². The molecule has 2 aliphatic carbocycles. The molecule has 1 fully saturated rings. The molecular formula is C15H15N. The maximum absolute atomic E-state index is 2.41. The highest BCUT2D eigenvalue weighted by atomic mass is 15.0. The summed E-state index contributed by atoms with van der Waals surface area (Å²) in [4.78, 5) is 0. The number of fused-ring (bicyclic) bond motifs is 5. The van der Waals surface area contributed by atoms with Gasteiger partial charge in [-0.05, 0) is 17.9 Å². The summed E-state index contributed by atoms with van der Waals surface area (Å²) in [6.45, 7) is 2.37. The number of rotatable bonds is 0. The first-order valence-corrected chi connectivity index (χ1v) is 6.04. The number of aryl methyl sites for hydroxylation is 1. The van der Waals surface area contributed by atoms with Crippen LogP contribution >= 0.6 is 0 Å². The van der Waals surface area contributed by atoms with Crippen molar-refractivity contribution in [1.82, 2.24) is 4.57 Å². The summed E-state index contributed by atoms with van der Waals surface area (Å²) in [7, 11) is 2.21. The molecule has 0 N–H and O–H groups in total. The quantitative estimate of drug-likeness (QED) is 0.625. The smallest absolute Gasteiger partial charge is 0.0486 e. The van der Waals surface area contributed by atoms with Crippen LogP contribution in [0, 0.1) is 11.8 Å². The number of hydrogen-bond donors (Lipinski definition) is 0. The Balaban J connectivity index is 2.13. The van der Waals surface area contributed by atoms with Crippen LogP contribution in [0.1, 0.15) is 24.1 Å². The SMILES string of the molecule is CC1C2C=Cc3c(n(C)c4ccccc34)C12. The highest BCUT2D eigenvalue weighted by molar-refractivity contribution is 5.92. The second kappa shape index (κ2) is 2.60. The predicted octanol–water partition coefficient (Wildman–Crippen LogP) is 3.55. The first-order chi connectivity index (χ1) is 7.79. The van der Waals surface area contributed by atoms with E-state index in [4.69, 9.17) is 0 Å². The number of nitrogens with zero attached hydrogens (tertiary/aromatic N) is 1. The lowest BCUT2D eigenvalue weighted by atomic mass is 10.0. The first-order valence-electron chi connectivity index (χ1n) is 6.04. The monoisotopic (exact) mass is 209 g/mol. The van der Waals surface area contributed by atoms with Crippen LogP contribution < -0.4 is 0 Å². The van der Waals surface area contributed by atoms with Crippen LogP contribution in [0.2, 0.25) is 0 Å². The third-order valence-electron chi connectivity index (χ3n) is 4.44. The van der Waals surface area contributed by atoms with E-state index in [0.29, 0.717) is 0 Å². The van der Waals surface area contributed by atoms with Crippen molar-refractivity contribution in [3.63, 3.8) is 0 Å². The Kier molecular flexibility index (Phi) is 1.40. The Morgan fingerprint density at radius 2 is 2.00 bits per heavy atom. The Morgan fingerprint density at radius 3 is 2.88 bits per heavy atom. The van der Waals surface area contributed by atoms with Gasteiger partial charge in [0.05, 0.1) is 0 Å². The average Bonchev–Trinajstić information content (AvgIpc) is 2.89. The summed E-state index contributed by atoms with van der Waals surface area (Å²) in [5, 5.41) is 1.41. The molecule has 2 aromatic rings. The second-order valence-electron chi connectivity index (χ2n) is 5.20. The average molecular weight is 209 g/mol. The van der Waals surface area contributed by atoms with Gasteiger partial charge in [0.2, 0.25) is 0 Å². The summed E-state index contributed by atoms with van der Waals surface area (Å²) in [6.07, 6.45) is 4.74. The molecule has 1 saturated carbocycles. The van der Waals surface area contributed by atoms with Crippen molar-refractivity contribution in [2.24, 2.45) is 18.9 Å². The first kappa shape index (κ1) is 8.63. The summed E-state index contributed by atoms with van der Waals surface area (Å²) in [6, 6.07) is 8.74. The minimum absolute atomic E-state index is 0.775. The molecule has 1 aromatic heterocycles. The number of hydrogen-bond acceptors (Lipinski definition) is 0. The number of para-hydroxylation sites is 1. The maximum Gasteiger partial charge on any atom is 0.0486 e. The predicted molar refractivity (Wildman–Crippen MR) is 67.3 cm³/mol. The molecule has 1 heteroatoms. The van der Waals surface area contributed by atoms with Crippen LogP contribution in [0.5, 0.6) is 0 Å². The summed E-state index contributed by atoms with van der Waals surface area (Å²) in [5.41, 5.74) is 4.39. The molecule has 16 heavy (non-hydrogen) atoms. The van der Waals surface area contributed by atoms with Crippen molar-refractivity contribution >= 4 is 17.0 Å². The molecule has 0 radical (unpaired) electrons. The molecule has 1 aromatic carbocycles. The summed E-state index contributed by atoms with van der Waals surface area (Å²) in [5.74, 6) is 2.41. The van der Waals surface area contributed by atoms with E-state index >= 15 is 0 Å². The van der Waals surface area contributed by atoms with Gasteiger partial charge in [0.1, 0.15) is 0 Å². The lowest BCUT2D eigenvalue weighted by Crippen LogP contribution is -1.98. The van der Waals surface area contributed by atoms with Gasteiger partial charge in [-0.15, -0.1) is 0 Å². The van der Waals surface area contributed by atoms with Gasteiger partial charge in [0, 0.05) is 35.1 Å². The lowest BCUT2D eigenvalue weighted by Gasteiger charge is -2.07. The molecule has 3 atom stereocenters. The summed E-state index contributed by atoms with van der Waals surface area (Å²) >= 11 is 0. The molecule has 1 nitrogen and oxygen atoms in total. The van der Waals surface area contributed by atoms with Crippen LogP contribution in [0.4, 0.5) is 0 Å². The lowest BCUT2D eigenvalue weighted by molar-refractivity contribution is 0.807. The standard InChI is InChI=1S/C15H15N/c1-9-10-7-8-12-11-5-3-4-6-13(11)16(2)15(12)14(9)10/h3-10,14H,1-2H3. The van der Waals surface area contributed by atoms with Crippen molar-refractivity contribution in [2.75, 3.05) is 0 Å². The van der Waals surface area contributed by atoms with Gasteiger partial charge in [0.15, 0.2) is 0 Å². The molecule has 0 saturated heterocycles. The van der Waals surface area contributed by atoms with Crippen molar-refractivity contribution < 1.29 is 0 Å². The van der Waals surface area contributed by atoms with Gasteiger partial charge in [-0.25, -0.2) is 0 Å². The van der Waals surface area contributed by atoms with E-state index in [0.717, 1.165) is 17.8 Å². The Morgan fingerprint density at radius 1 is 1.19 bits per heavy atom. The van der Waals surface area contributed by atoms with Gasteiger partial charge >= 0.3 is 0 Å². The highest BCUT2D eigenvalue weighted by Gasteiger charge is 2.50. The molecule has 0 amide bonds. The van der Waals surface area contributed by atoms with E-state index in [1.807, 2.05) is 0 Å². The number of benzene rings is 1. The van der Waals surface area contributed by atoms with Gasteiger partial charge < -0.3 is 4.57 Å². The van der Waals surface area contributed by atoms with Crippen LogP contribution in [-0.2, 0) is 7.05 Å². The Hall–Kier alpha value is -1.50. The van der Waals surface area contributed by atoms with Crippen molar-refractivity contribution in [1.29, 1.82) is 0 Å². The molecular weight excluding hydrogens is 194 g/mol. The van der Waals surface area contributed by atoms with Crippen LogP contribution in [0.3, 0.4) is 0 Å². The summed E-state index contributed by atoms with van der Waals surface area (Å²) < 4.78 is 2.40. The van der Waals surface area contributed by atoms with Crippen molar-refractivity contribution in [3.05, 3.63) is 41.6 Å². The zero-order valence-electron chi connectivity index (χ0n) is 9.64. The minimum Gasteiger partial charge on any atom is -0.347 e. The maximum atomic E-state index is 2.41. The molecule has 4 rings (SSSR count). The molecule has 0 aliphatic heterocycles. The van der Waals surface area contributed by atoms with Gasteiger partial charge in [-0.2, -0.15) is 0 Å². The zero-order valence-corrected chi connectivity index (χ0v) is 9.64. The van der Waals surface area contributed by atoms with E-state index in [2.05, 4.69) is 55.0 Å². The minimum atomic E-state index is 0.775. The van der Waals surface area contributed by atoms with Gasteiger partial charge in [-0.3, -0.25) is 0 Å². The van der Waals surface area contributed by atoms with Gasteiger partial charge in [0.25, 0.3) is 0 Å². The van der Waals surface area contributed by atoms with E-state index in [9.17, 15) is 0 Å². The molecule has 1 heterocycles. The molecule has 2 aliphatic rings. The van der Waals surface area contributed by atoms with Crippen LogP contribution in [0.15, 0.2) is 30.3 Å². The third kappa shape index (κ3) is 0.835. The molecule has 0 spiro atoms. The van der Waals surface area contributed by atoms with E-state index in [1.54, 1.807) is 5.69 Å². The highest BCUT2D eigenvalue weighted by Crippen LogP contribution is 2.59. The topological polar surface area (TPSA) is 4.93 Å². The molecule has 80 valence electrons. The van der Waals surface area contributed by atoms with Crippen molar-refractivity contribution in [2.45, 2.75) is 12.8 Å². The Bertz CT molecular complexity index is 618. The molecule has 0 bridgehead atoms. The van der Waals surface area contributed by atoms with Crippen LogP contribution in [-0.4, -0.2) is 4.57 Å². The van der Waals surface area contributed by atoms with E-state index < -0.39 is 0 Å². The number of aromatic nitrogens is 1.